The summed E-state index contributed by atoms with van der Waals surface area (Å²) in [5.41, 5.74) is 6.19. The maximum Gasteiger partial charge on any atom is 0.311 e. The maximum atomic E-state index is 11.3. The summed E-state index contributed by atoms with van der Waals surface area (Å²) < 4.78 is 6.60. The number of esters is 1. The van der Waals surface area contributed by atoms with Crippen LogP contribution in [0.15, 0.2) is 6.20 Å². The molecule has 1 aromatic rings. The van der Waals surface area contributed by atoms with E-state index in [1.165, 1.54) is 0 Å². The Morgan fingerprint density at radius 1 is 1.56 bits per heavy atom. The summed E-state index contributed by atoms with van der Waals surface area (Å²) in [4.78, 5) is 11.3. The zero-order chi connectivity index (χ0) is 11.8. The van der Waals surface area contributed by atoms with Crippen LogP contribution in [-0.4, -0.2) is 34.1 Å². The minimum Gasteiger partial charge on any atom is -0.466 e. The van der Waals surface area contributed by atoms with Gasteiger partial charge in [0, 0.05) is 6.54 Å². The fourth-order valence-corrected chi connectivity index (χ4v) is 1.37. The molecule has 0 spiro atoms. The number of carbonyl (C=O) groups excluding carboxylic acids is 1. The van der Waals surface area contributed by atoms with Crippen LogP contribution in [0.5, 0.6) is 0 Å². The second-order valence-corrected chi connectivity index (χ2v) is 3.43. The van der Waals surface area contributed by atoms with Gasteiger partial charge in [0.2, 0.25) is 0 Å². The first-order valence-electron chi connectivity index (χ1n) is 5.51. The molecule has 6 nitrogen and oxygen atoms in total. The number of nitrogens with two attached hydrogens (primary N) is 1. The number of ether oxygens (including phenoxy) is 1. The maximum absolute atomic E-state index is 11.3. The molecular weight excluding hydrogens is 208 g/mol. The first-order valence-corrected chi connectivity index (χ1v) is 5.51. The lowest BCUT2D eigenvalue weighted by atomic mass is 10.3. The normalized spacial score (nSPS) is 10.4. The molecular formula is C10H18N4O2. The fraction of sp³-hybridized carbons (Fsp3) is 0.700. The van der Waals surface area contributed by atoms with Gasteiger partial charge < -0.3 is 10.5 Å². The molecule has 0 aliphatic carbocycles. The van der Waals surface area contributed by atoms with Crippen LogP contribution in [0.4, 0.5) is 0 Å². The number of hydrogen-bond acceptors (Lipinski definition) is 5. The topological polar surface area (TPSA) is 83.0 Å². The molecule has 0 aliphatic heterocycles. The summed E-state index contributed by atoms with van der Waals surface area (Å²) in [6, 6.07) is 0. The lowest BCUT2D eigenvalue weighted by Crippen LogP contribution is -2.13. The van der Waals surface area contributed by atoms with Crippen LogP contribution in [0.25, 0.3) is 0 Å². The number of nitrogens with zero attached hydrogens (tertiary/aromatic N) is 3. The van der Waals surface area contributed by atoms with Crippen LogP contribution in [-0.2, 0) is 22.5 Å². The molecule has 0 aromatic carbocycles. The van der Waals surface area contributed by atoms with E-state index in [9.17, 15) is 4.79 Å². The molecule has 0 saturated carbocycles. The largest absolute Gasteiger partial charge is 0.466 e. The van der Waals surface area contributed by atoms with Crippen LogP contribution in [0.3, 0.4) is 0 Å². The standard InChI is InChI=1S/C10H18N4O2/c1-2-16-10(15)7-9-8-12-13-14(9)6-4-3-5-11/h8H,2-7,11H2,1H3. The van der Waals surface area contributed by atoms with E-state index in [0.717, 1.165) is 25.1 Å². The Hall–Kier alpha value is -1.43. The minimum absolute atomic E-state index is 0.226. The summed E-state index contributed by atoms with van der Waals surface area (Å²) in [5, 5.41) is 7.71. The Morgan fingerprint density at radius 2 is 2.38 bits per heavy atom. The number of carbonyl (C=O) groups is 1. The Balaban J connectivity index is 2.46. The molecule has 1 rings (SSSR count). The van der Waals surface area contributed by atoms with Crippen LogP contribution in [0, 0.1) is 0 Å². The Kier molecular flexibility index (Phi) is 5.49. The van der Waals surface area contributed by atoms with E-state index in [1.807, 2.05) is 0 Å². The molecule has 0 radical (unpaired) electrons. The average Bonchev–Trinajstić information content (AvgIpc) is 2.66. The van der Waals surface area contributed by atoms with Crippen molar-refractivity contribution in [3.05, 3.63) is 11.9 Å². The molecule has 16 heavy (non-hydrogen) atoms. The van der Waals surface area contributed by atoms with Gasteiger partial charge in [0.25, 0.3) is 0 Å². The lowest BCUT2D eigenvalue weighted by Gasteiger charge is -2.05. The third-order valence-corrected chi connectivity index (χ3v) is 2.15. The second-order valence-electron chi connectivity index (χ2n) is 3.43. The van der Waals surface area contributed by atoms with Crippen LogP contribution >= 0.6 is 0 Å². The van der Waals surface area contributed by atoms with Crippen LogP contribution in [0.2, 0.25) is 0 Å². The van der Waals surface area contributed by atoms with Gasteiger partial charge in [-0.15, -0.1) is 5.10 Å². The van der Waals surface area contributed by atoms with Crippen molar-refractivity contribution < 1.29 is 9.53 Å². The molecule has 0 saturated heterocycles. The van der Waals surface area contributed by atoms with E-state index in [-0.39, 0.29) is 12.4 Å². The second kappa shape index (κ2) is 6.95. The smallest absolute Gasteiger partial charge is 0.311 e. The van der Waals surface area contributed by atoms with Gasteiger partial charge in [-0.05, 0) is 26.3 Å². The number of rotatable bonds is 7. The van der Waals surface area contributed by atoms with Crippen molar-refractivity contribution in [2.24, 2.45) is 5.73 Å². The number of aromatic nitrogens is 3. The average molecular weight is 226 g/mol. The quantitative estimate of drug-likeness (QED) is 0.527. The monoisotopic (exact) mass is 226 g/mol. The molecule has 0 atom stereocenters. The van der Waals surface area contributed by atoms with Crippen molar-refractivity contribution in [1.82, 2.24) is 15.0 Å². The first-order chi connectivity index (χ1) is 7.77. The summed E-state index contributed by atoms with van der Waals surface area (Å²) >= 11 is 0. The van der Waals surface area contributed by atoms with Crippen molar-refractivity contribution in [2.45, 2.75) is 32.7 Å². The molecule has 0 unspecified atom stereocenters. The van der Waals surface area contributed by atoms with Crippen molar-refractivity contribution >= 4 is 5.97 Å². The summed E-state index contributed by atoms with van der Waals surface area (Å²) in [6.07, 6.45) is 3.71. The molecule has 0 amide bonds. The van der Waals surface area contributed by atoms with E-state index in [0.29, 0.717) is 13.2 Å². The van der Waals surface area contributed by atoms with Crippen molar-refractivity contribution in [3.63, 3.8) is 0 Å². The minimum atomic E-state index is -0.245. The van der Waals surface area contributed by atoms with Gasteiger partial charge in [0.1, 0.15) is 0 Å². The molecule has 0 aliphatic rings. The van der Waals surface area contributed by atoms with Gasteiger partial charge in [0.05, 0.1) is 24.9 Å². The third-order valence-electron chi connectivity index (χ3n) is 2.15. The summed E-state index contributed by atoms with van der Waals surface area (Å²) in [6.45, 7) is 3.59. The highest BCUT2D eigenvalue weighted by Crippen LogP contribution is 2.02. The highest BCUT2D eigenvalue weighted by atomic mass is 16.5. The highest BCUT2D eigenvalue weighted by Gasteiger charge is 2.09. The number of unbranched alkanes of at least 4 members (excludes halogenated alkanes) is 1. The molecule has 0 bridgehead atoms. The fourth-order valence-electron chi connectivity index (χ4n) is 1.37. The SMILES string of the molecule is CCOC(=O)Cc1cnnn1CCCCN. The first kappa shape index (κ1) is 12.6. The predicted octanol–water partition coefficient (Wildman–Crippen LogP) is 0.123. The molecule has 90 valence electrons. The Bertz CT molecular complexity index is 324. The highest BCUT2D eigenvalue weighted by molar-refractivity contribution is 5.71. The Morgan fingerprint density at radius 3 is 3.06 bits per heavy atom. The van der Waals surface area contributed by atoms with E-state index in [1.54, 1.807) is 17.8 Å². The molecule has 1 heterocycles. The van der Waals surface area contributed by atoms with E-state index in [2.05, 4.69) is 10.3 Å². The van der Waals surface area contributed by atoms with Gasteiger partial charge in [-0.1, -0.05) is 5.21 Å². The molecule has 6 heteroatoms. The zero-order valence-electron chi connectivity index (χ0n) is 9.56. The zero-order valence-corrected chi connectivity index (χ0v) is 9.56. The third kappa shape index (κ3) is 3.98. The summed E-state index contributed by atoms with van der Waals surface area (Å²) in [5.74, 6) is -0.245. The number of aryl methyl sites for hydroxylation is 1. The van der Waals surface area contributed by atoms with E-state index >= 15 is 0 Å². The van der Waals surface area contributed by atoms with Gasteiger partial charge in [-0.25, -0.2) is 4.68 Å². The van der Waals surface area contributed by atoms with Gasteiger partial charge in [0.15, 0.2) is 0 Å². The van der Waals surface area contributed by atoms with Crippen LogP contribution < -0.4 is 5.73 Å². The van der Waals surface area contributed by atoms with Gasteiger partial charge in [-0.2, -0.15) is 0 Å². The summed E-state index contributed by atoms with van der Waals surface area (Å²) in [7, 11) is 0. The lowest BCUT2D eigenvalue weighted by molar-refractivity contribution is -0.142. The van der Waals surface area contributed by atoms with Crippen molar-refractivity contribution in [3.8, 4) is 0 Å². The number of hydrogen-bond donors (Lipinski definition) is 1. The van der Waals surface area contributed by atoms with Gasteiger partial charge in [-0.3, -0.25) is 4.79 Å². The predicted molar refractivity (Wildman–Crippen MR) is 58.6 cm³/mol. The van der Waals surface area contributed by atoms with Crippen molar-refractivity contribution in [1.29, 1.82) is 0 Å². The van der Waals surface area contributed by atoms with E-state index < -0.39 is 0 Å². The van der Waals surface area contributed by atoms with E-state index in [4.69, 9.17) is 10.5 Å². The molecule has 1 aromatic heterocycles. The molecule has 2 N–H and O–H groups in total. The van der Waals surface area contributed by atoms with Crippen LogP contribution in [0.1, 0.15) is 25.5 Å². The van der Waals surface area contributed by atoms with Crippen molar-refractivity contribution in [2.75, 3.05) is 13.2 Å². The molecule has 0 fully saturated rings. The van der Waals surface area contributed by atoms with Gasteiger partial charge >= 0.3 is 5.97 Å². The Labute approximate surface area is 94.8 Å².